The lowest BCUT2D eigenvalue weighted by atomic mass is 10.0. The van der Waals surface area contributed by atoms with Crippen molar-refractivity contribution < 1.29 is 18.3 Å². The average molecular weight is 230 g/mol. The molecule has 3 atom stereocenters. The average Bonchev–Trinajstić information content (AvgIpc) is 2.95. The molecule has 0 aliphatic heterocycles. The molecule has 0 heterocycles. The van der Waals surface area contributed by atoms with Crippen LogP contribution in [0.25, 0.3) is 0 Å². The topological polar surface area (TPSA) is 20.2 Å². The highest BCUT2D eigenvalue weighted by molar-refractivity contribution is 5.36. The molecule has 0 spiro atoms. The molecule has 0 saturated heterocycles. The monoisotopic (exact) mass is 230 g/mol. The van der Waals surface area contributed by atoms with E-state index in [9.17, 15) is 18.3 Å². The lowest BCUT2D eigenvalue weighted by Gasteiger charge is -2.12. The molecule has 2 rings (SSSR count). The zero-order chi connectivity index (χ0) is 11.9. The van der Waals surface area contributed by atoms with Gasteiger partial charge in [-0.15, -0.1) is 0 Å². The van der Waals surface area contributed by atoms with Crippen molar-refractivity contribution >= 4 is 0 Å². The summed E-state index contributed by atoms with van der Waals surface area (Å²) in [7, 11) is 0. The summed E-state index contributed by atoms with van der Waals surface area (Å²) in [5, 5.41) is 9.34. The second-order valence-corrected chi connectivity index (χ2v) is 4.33. The van der Waals surface area contributed by atoms with Gasteiger partial charge in [0.1, 0.15) is 0 Å². The van der Waals surface area contributed by atoms with Gasteiger partial charge in [-0.2, -0.15) is 13.2 Å². The molecule has 1 N–H and O–H groups in total. The van der Waals surface area contributed by atoms with E-state index >= 15 is 0 Å². The predicted octanol–water partition coefficient (Wildman–Crippen LogP) is 3.19. The number of benzene rings is 1. The van der Waals surface area contributed by atoms with E-state index in [1.807, 2.05) is 0 Å². The Morgan fingerprint density at radius 2 is 1.94 bits per heavy atom. The van der Waals surface area contributed by atoms with Crippen LogP contribution < -0.4 is 0 Å². The molecule has 16 heavy (non-hydrogen) atoms. The van der Waals surface area contributed by atoms with Gasteiger partial charge >= 0.3 is 6.18 Å². The molecule has 88 valence electrons. The zero-order valence-corrected chi connectivity index (χ0v) is 8.83. The Labute approximate surface area is 91.9 Å². The number of hydrogen-bond acceptors (Lipinski definition) is 1. The molecule has 0 amide bonds. The summed E-state index contributed by atoms with van der Waals surface area (Å²) < 4.78 is 38.1. The Hall–Kier alpha value is -1.03. The number of aliphatic hydroxyl groups is 1. The summed E-state index contributed by atoms with van der Waals surface area (Å²) in [6.07, 6.45) is -4.20. The van der Waals surface area contributed by atoms with Gasteiger partial charge in [0.15, 0.2) is 0 Å². The maximum absolute atomic E-state index is 12.7. The van der Waals surface area contributed by atoms with Crippen LogP contribution in [0.15, 0.2) is 24.3 Å². The Morgan fingerprint density at radius 3 is 2.44 bits per heavy atom. The summed E-state index contributed by atoms with van der Waals surface area (Å²) in [4.78, 5) is 0. The highest BCUT2D eigenvalue weighted by Gasteiger charge is 2.45. The third-order valence-electron chi connectivity index (χ3n) is 3.13. The van der Waals surface area contributed by atoms with Crippen LogP contribution in [-0.4, -0.2) is 11.2 Å². The number of hydrogen-bond donors (Lipinski definition) is 1. The van der Waals surface area contributed by atoms with E-state index < -0.39 is 17.8 Å². The van der Waals surface area contributed by atoms with Gasteiger partial charge in [0, 0.05) is 0 Å². The molecule has 1 saturated carbocycles. The van der Waals surface area contributed by atoms with E-state index in [1.165, 1.54) is 12.1 Å². The van der Waals surface area contributed by atoms with Gasteiger partial charge in [-0.3, -0.25) is 0 Å². The largest absolute Gasteiger partial charge is 0.416 e. The third kappa shape index (κ3) is 2.07. The lowest BCUT2D eigenvalue weighted by molar-refractivity contribution is -0.138. The van der Waals surface area contributed by atoms with Crippen LogP contribution in [0.4, 0.5) is 13.2 Å². The molecule has 0 bridgehead atoms. The molecule has 0 aromatic heterocycles. The van der Waals surface area contributed by atoms with Crippen molar-refractivity contribution in [2.75, 3.05) is 0 Å². The summed E-state index contributed by atoms with van der Waals surface area (Å²) in [5.74, 6) is -0.165. The number of halogens is 3. The number of alkyl halides is 3. The van der Waals surface area contributed by atoms with Crippen molar-refractivity contribution in [3.63, 3.8) is 0 Å². The molecule has 0 unspecified atom stereocenters. The second kappa shape index (κ2) is 3.77. The summed E-state index contributed by atoms with van der Waals surface area (Å²) >= 11 is 0. The third-order valence-corrected chi connectivity index (χ3v) is 3.13. The van der Waals surface area contributed by atoms with Crippen LogP contribution in [-0.2, 0) is 6.18 Å². The van der Waals surface area contributed by atoms with E-state index in [0.717, 1.165) is 6.07 Å². The fraction of sp³-hybridized carbons (Fsp3) is 0.500. The maximum Gasteiger partial charge on any atom is 0.416 e. The van der Waals surface area contributed by atoms with Crippen LogP contribution in [0, 0.1) is 5.92 Å². The molecule has 1 aromatic rings. The van der Waals surface area contributed by atoms with Crippen molar-refractivity contribution in [3.8, 4) is 0 Å². The molecule has 4 heteroatoms. The van der Waals surface area contributed by atoms with Crippen LogP contribution in [0.5, 0.6) is 0 Å². The molecule has 1 aromatic carbocycles. The Balaban J connectivity index is 2.29. The Morgan fingerprint density at radius 1 is 1.31 bits per heavy atom. The number of rotatable bonds is 2. The summed E-state index contributed by atoms with van der Waals surface area (Å²) in [5.41, 5.74) is -0.246. The zero-order valence-electron chi connectivity index (χ0n) is 8.83. The minimum absolute atomic E-state index is 0.0245. The SMILES string of the molecule is C[C@H](O)[C@H]1C[C@H]1c1ccccc1C(F)(F)F. The van der Waals surface area contributed by atoms with Crippen LogP contribution in [0.1, 0.15) is 30.4 Å². The van der Waals surface area contributed by atoms with Crippen LogP contribution in [0.3, 0.4) is 0 Å². The van der Waals surface area contributed by atoms with Crippen LogP contribution >= 0.6 is 0 Å². The van der Waals surface area contributed by atoms with Crippen molar-refractivity contribution in [2.45, 2.75) is 31.5 Å². The van der Waals surface area contributed by atoms with Crippen molar-refractivity contribution in [1.29, 1.82) is 0 Å². The number of aliphatic hydroxyl groups excluding tert-OH is 1. The normalized spacial score (nSPS) is 26.6. The molecular formula is C12H13F3O. The lowest BCUT2D eigenvalue weighted by Crippen LogP contribution is -2.10. The minimum atomic E-state index is -4.30. The first-order chi connectivity index (χ1) is 7.41. The van der Waals surface area contributed by atoms with E-state index in [2.05, 4.69) is 0 Å². The maximum atomic E-state index is 12.7. The first-order valence-corrected chi connectivity index (χ1v) is 5.25. The Bertz CT molecular complexity index is 384. The summed E-state index contributed by atoms with van der Waals surface area (Å²) in [6, 6.07) is 5.62. The molecule has 1 aliphatic rings. The minimum Gasteiger partial charge on any atom is -0.393 e. The molecule has 1 nitrogen and oxygen atoms in total. The molecule has 1 aliphatic carbocycles. The van der Waals surface area contributed by atoms with Gasteiger partial charge in [-0.1, -0.05) is 18.2 Å². The van der Waals surface area contributed by atoms with Crippen molar-refractivity contribution in [3.05, 3.63) is 35.4 Å². The standard InChI is InChI=1S/C12H13F3O/c1-7(16)9-6-10(9)8-4-2-3-5-11(8)12(13,14)15/h2-5,7,9-10,16H,6H2,1H3/t7-,9+,10-/m0/s1. The first-order valence-electron chi connectivity index (χ1n) is 5.25. The van der Waals surface area contributed by atoms with Crippen molar-refractivity contribution in [1.82, 2.24) is 0 Å². The van der Waals surface area contributed by atoms with Crippen molar-refractivity contribution in [2.24, 2.45) is 5.92 Å². The van der Waals surface area contributed by atoms with Gasteiger partial charge in [0.2, 0.25) is 0 Å². The fourth-order valence-corrected chi connectivity index (χ4v) is 2.18. The Kier molecular flexibility index (Phi) is 2.70. The van der Waals surface area contributed by atoms with E-state index in [1.54, 1.807) is 13.0 Å². The first kappa shape index (κ1) is 11.5. The smallest absolute Gasteiger partial charge is 0.393 e. The summed E-state index contributed by atoms with van der Waals surface area (Å²) in [6.45, 7) is 1.63. The van der Waals surface area contributed by atoms with Gasteiger partial charge < -0.3 is 5.11 Å². The van der Waals surface area contributed by atoms with Gasteiger partial charge in [-0.05, 0) is 36.8 Å². The predicted molar refractivity (Wildman–Crippen MR) is 54.0 cm³/mol. The molecule has 1 fully saturated rings. The van der Waals surface area contributed by atoms with E-state index in [0.29, 0.717) is 12.0 Å². The van der Waals surface area contributed by atoms with E-state index in [-0.39, 0.29) is 11.8 Å². The highest BCUT2D eigenvalue weighted by atomic mass is 19.4. The van der Waals surface area contributed by atoms with Gasteiger partial charge in [0.25, 0.3) is 0 Å². The van der Waals surface area contributed by atoms with Gasteiger partial charge in [0.05, 0.1) is 11.7 Å². The van der Waals surface area contributed by atoms with Crippen LogP contribution in [0.2, 0.25) is 0 Å². The molecular weight excluding hydrogens is 217 g/mol. The quantitative estimate of drug-likeness (QED) is 0.827. The fourth-order valence-electron chi connectivity index (χ4n) is 2.18. The van der Waals surface area contributed by atoms with Gasteiger partial charge in [-0.25, -0.2) is 0 Å². The molecule has 0 radical (unpaired) electrons. The highest BCUT2D eigenvalue weighted by Crippen LogP contribution is 2.52. The second-order valence-electron chi connectivity index (χ2n) is 4.33. The van der Waals surface area contributed by atoms with E-state index in [4.69, 9.17) is 0 Å².